The summed E-state index contributed by atoms with van der Waals surface area (Å²) in [5, 5.41) is 4.49. The van der Waals surface area contributed by atoms with Gasteiger partial charge in [-0.3, -0.25) is 14.9 Å². The molecule has 0 atom stereocenters. The van der Waals surface area contributed by atoms with Crippen LogP contribution in [0.4, 0.5) is 10.5 Å². The van der Waals surface area contributed by atoms with Gasteiger partial charge >= 0.3 is 6.03 Å². The lowest BCUT2D eigenvalue weighted by atomic mass is 10.0. The van der Waals surface area contributed by atoms with Crippen molar-refractivity contribution in [1.29, 1.82) is 0 Å². The Kier molecular flexibility index (Phi) is 8.04. The van der Waals surface area contributed by atoms with E-state index in [4.69, 9.17) is 9.47 Å². The average molecular weight is 664 g/mol. The third kappa shape index (κ3) is 5.52. The molecule has 7 nitrogen and oxygen atoms in total. The van der Waals surface area contributed by atoms with Crippen molar-refractivity contribution in [2.75, 3.05) is 11.5 Å². The highest BCUT2D eigenvalue weighted by Crippen LogP contribution is 2.39. The number of hydrogen-bond acceptors (Lipinski definition) is 5. The molecule has 0 bridgehead atoms. The molecule has 0 radical (unpaired) electrons. The van der Waals surface area contributed by atoms with Crippen molar-refractivity contribution in [1.82, 2.24) is 5.32 Å². The predicted molar refractivity (Wildman–Crippen MR) is 161 cm³/mol. The molecule has 1 aliphatic rings. The first kappa shape index (κ1) is 27.6. The molecule has 0 aromatic heterocycles. The van der Waals surface area contributed by atoms with Gasteiger partial charge in [0, 0.05) is 4.47 Å². The first-order valence-corrected chi connectivity index (χ1v) is 14.1. The summed E-state index contributed by atoms with van der Waals surface area (Å²) in [6.45, 7) is 4.32. The maximum atomic E-state index is 13.4. The molecule has 0 spiro atoms. The third-order valence-electron chi connectivity index (χ3n) is 6.40. The summed E-state index contributed by atoms with van der Waals surface area (Å²) in [7, 11) is 0. The van der Waals surface area contributed by atoms with E-state index in [0.29, 0.717) is 46.0 Å². The molecule has 1 fully saturated rings. The van der Waals surface area contributed by atoms with Crippen LogP contribution in [-0.2, 0) is 16.2 Å². The van der Waals surface area contributed by atoms with Crippen LogP contribution in [0.1, 0.15) is 23.6 Å². The van der Waals surface area contributed by atoms with Crippen molar-refractivity contribution in [2.24, 2.45) is 0 Å². The average Bonchev–Trinajstić information content (AvgIpc) is 2.92. The molecule has 4 aromatic rings. The van der Waals surface area contributed by atoms with Crippen LogP contribution < -0.4 is 19.7 Å². The van der Waals surface area contributed by atoms with Crippen LogP contribution in [0.15, 0.2) is 87.3 Å². The highest BCUT2D eigenvalue weighted by molar-refractivity contribution is 9.10. The van der Waals surface area contributed by atoms with Gasteiger partial charge < -0.3 is 9.47 Å². The SMILES string of the molecule is CCOc1cc(/C=C2/C(=O)NC(=O)N(c3ccc(Br)cc3C)C2=O)cc(Br)c1OCc1cccc2ccccc12. The van der Waals surface area contributed by atoms with E-state index in [1.807, 2.05) is 31.2 Å². The van der Waals surface area contributed by atoms with Crippen molar-refractivity contribution in [2.45, 2.75) is 20.5 Å². The van der Waals surface area contributed by atoms with E-state index in [0.717, 1.165) is 25.7 Å². The summed E-state index contributed by atoms with van der Waals surface area (Å²) in [6.07, 6.45) is 1.44. The van der Waals surface area contributed by atoms with Crippen LogP contribution in [0.3, 0.4) is 0 Å². The van der Waals surface area contributed by atoms with Crippen LogP contribution in [0.25, 0.3) is 16.8 Å². The number of nitrogens with one attached hydrogen (secondary N) is 1. The molecule has 1 N–H and O–H groups in total. The Morgan fingerprint density at radius 3 is 2.48 bits per heavy atom. The van der Waals surface area contributed by atoms with E-state index in [2.05, 4.69) is 55.4 Å². The number of fused-ring (bicyclic) bond motifs is 1. The summed E-state index contributed by atoms with van der Waals surface area (Å²) in [6, 6.07) is 22.0. The van der Waals surface area contributed by atoms with Gasteiger partial charge in [-0.25, -0.2) is 9.69 Å². The third-order valence-corrected chi connectivity index (χ3v) is 7.48. The van der Waals surface area contributed by atoms with Crippen LogP contribution in [0.2, 0.25) is 0 Å². The normalized spacial score (nSPS) is 14.6. The van der Waals surface area contributed by atoms with Gasteiger partial charge in [0.25, 0.3) is 11.8 Å². The van der Waals surface area contributed by atoms with Gasteiger partial charge in [-0.1, -0.05) is 58.4 Å². The van der Waals surface area contributed by atoms with Gasteiger partial charge in [0.1, 0.15) is 12.2 Å². The van der Waals surface area contributed by atoms with Crippen molar-refractivity contribution < 1.29 is 23.9 Å². The predicted octanol–water partition coefficient (Wildman–Crippen LogP) is 7.32. The molecule has 4 amide bonds. The van der Waals surface area contributed by atoms with Crippen LogP contribution in [0.5, 0.6) is 11.5 Å². The molecule has 0 aliphatic carbocycles. The number of nitrogens with zero attached hydrogens (tertiary/aromatic N) is 1. The molecular weight excluding hydrogens is 640 g/mol. The quantitative estimate of drug-likeness (QED) is 0.166. The molecule has 1 heterocycles. The van der Waals surface area contributed by atoms with Gasteiger partial charge in [-0.05, 0) is 93.6 Å². The number of urea groups is 1. The molecular formula is C31H24Br2N2O5. The number of amides is 4. The number of barbiturate groups is 1. The number of aryl methyl sites for hydroxylation is 1. The number of carbonyl (C=O) groups is 3. The van der Waals surface area contributed by atoms with E-state index < -0.39 is 17.8 Å². The monoisotopic (exact) mass is 662 g/mol. The van der Waals surface area contributed by atoms with Crippen molar-refractivity contribution in [3.8, 4) is 11.5 Å². The maximum Gasteiger partial charge on any atom is 0.335 e. The highest BCUT2D eigenvalue weighted by Gasteiger charge is 2.37. The number of carbonyl (C=O) groups excluding carboxylic acids is 3. The summed E-state index contributed by atoms with van der Waals surface area (Å²) >= 11 is 6.96. The first-order chi connectivity index (χ1) is 19.3. The molecule has 4 aromatic carbocycles. The molecule has 0 unspecified atom stereocenters. The minimum absolute atomic E-state index is 0.180. The second kappa shape index (κ2) is 11.7. The smallest absolute Gasteiger partial charge is 0.335 e. The number of hydrogen-bond donors (Lipinski definition) is 1. The zero-order chi connectivity index (χ0) is 28.4. The van der Waals surface area contributed by atoms with E-state index in [1.165, 1.54) is 6.08 Å². The Labute approximate surface area is 248 Å². The number of ether oxygens (including phenoxy) is 2. The fourth-order valence-electron chi connectivity index (χ4n) is 4.56. The Bertz CT molecular complexity index is 1690. The molecule has 1 saturated heterocycles. The summed E-state index contributed by atoms with van der Waals surface area (Å²) in [4.78, 5) is 39.8. The van der Waals surface area contributed by atoms with E-state index in [1.54, 1.807) is 37.3 Å². The second-order valence-corrected chi connectivity index (χ2v) is 10.8. The van der Waals surface area contributed by atoms with Crippen molar-refractivity contribution in [3.05, 3.63) is 104 Å². The van der Waals surface area contributed by atoms with Crippen LogP contribution in [-0.4, -0.2) is 24.5 Å². The Morgan fingerprint density at radius 1 is 0.925 bits per heavy atom. The molecule has 9 heteroatoms. The standard InChI is InChI=1S/C31H24Br2N2O5/c1-3-39-27-16-19(15-25(33)28(27)40-17-21-9-6-8-20-7-4-5-10-23(20)21)14-24-29(36)34-31(38)35(30(24)37)26-12-11-22(32)13-18(26)2/h4-16H,3,17H2,1-2H3,(H,34,36,38)/b24-14-. The minimum Gasteiger partial charge on any atom is -0.490 e. The van der Waals surface area contributed by atoms with Crippen LogP contribution in [0, 0.1) is 6.92 Å². The molecule has 5 rings (SSSR count). The maximum absolute atomic E-state index is 13.4. The molecule has 1 aliphatic heterocycles. The Hall–Kier alpha value is -3.95. The topological polar surface area (TPSA) is 84.9 Å². The molecule has 202 valence electrons. The summed E-state index contributed by atoms with van der Waals surface area (Å²) < 4.78 is 13.5. The lowest BCUT2D eigenvalue weighted by Gasteiger charge is -2.27. The van der Waals surface area contributed by atoms with E-state index >= 15 is 0 Å². The van der Waals surface area contributed by atoms with Gasteiger partial charge in [0.05, 0.1) is 16.8 Å². The van der Waals surface area contributed by atoms with E-state index in [-0.39, 0.29) is 5.57 Å². The number of imide groups is 2. The van der Waals surface area contributed by atoms with Crippen molar-refractivity contribution in [3.63, 3.8) is 0 Å². The number of halogens is 2. The fourth-order valence-corrected chi connectivity index (χ4v) is 5.60. The van der Waals surface area contributed by atoms with Gasteiger partial charge in [0.2, 0.25) is 0 Å². The zero-order valence-corrected chi connectivity index (χ0v) is 24.8. The zero-order valence-electron chi connectivity index (χ0n) is 21.7. The first-order valence-electron chi connectivity index (χ1n) is 12.5. The number of benzene rings is 4. The van der Waals surface area contributed by atoms with Gasteiger partial charge in [-0.15, -0.1) is 0 Å². The second-order valence-electron chi connectivity index (χ2n) is 9.08. The number of rotatable bonds is 7. The summed E-state index contributed by atoms with van der Waals surface area (Å²) in [5.74, 6) is -0.543. The van der Waals surface area contributed by atoms with Gasteiger partial charge in [-0.2, -0.15) is 0 Å². The summed E-state index contributed by atoms with van der Waals surface area (Å²) in [5.41, 5.74) is 2.45. The number of anilines is 1. The van der Waals surface area contributed by atoms with Crippen LogP contribution >= 0.6 is 31.9 Å². The fraction of sp³-hybridized carbons (Fsp3) is 0.129. The lowest BCUT2D eigenvalue weighted by molar-refractivity contribution is -0.122. The molecule has 40 heavy (non-hydrogen) atoms. The Balaban J connectivity index is 1.47. The van der Waals surface area contributed by atoms with E-state index in [9.17, 15) is 14.4 Å². The highest BCUT2D eigenvalue weighted by atomic mass is 79.9. The minimum atomic E-state index is -0.800. The largest absolute Gasteiger partial charge is 0.490 e. The Morgan fingerprint density at radius 2 is 1.70 bits per heavy atom. The van der Waals surface area contributed by atoms with Crippen molar-refractivity contribution >= 4 is 72.2 Å². The van der Waals surface area contributed by atoms with Gasteiger partial charge in [0.15, 0.2) is 11.5 Å². The molecule has 0 saturated carbocycles. The lowest BCUT2D eigenvalue weighted by Crippen LogP contribution is -2.54.